The normalized spacial score (nSPS) is 20.5. The summed E-state index contributed by atoms with van der Waals surface area (Å²) in [4.78, 5) is 0. The van der Waals surface area contributed by atoms with Gasteiger partial charge in [-0.3, -0.25) is 4.68 Å². The fourth-order valence-electron chi connectivity index (χ4n) is 2.49. The molecule has 0 aliphatic heterocycles. The smallest absolute Gasteiger partial charge is 0.105 e. The SMILES string of the molecule is CCn1ncc(Br)c1C(C)(O)CC1CCC1. The Balaban J connectivity index is 2.22. The van der Waals surface area contributed by atoms with E-state index in [-0.39, 0.29) is 0 Å². The maximum atomic E-state index is 10.6. The molecule has 1 fully saturated rings. The van der Waals surface area contributed by atoms with Crippen LogP contribution in [0.5, 0.6) is 0 Å². The van der Waals surface area contributed by atoms with Crippen molar-refractivity contribution in [3.05, 3.63) is 16.4 Å². The molecule has 1 aromatic heterocycles. The largest absolute Gasteiger partial charge is 0.384 e. The first kappa shape index (κ1) is 12.1. The Bertz CT molecular complexity index is 369. The van der Waals surface area contributed by atoms with Crippen LogP contribution in [0.4, 0.5) is 0 Å². The van der Waals surface area contributed by atoms with Crippen LogP contribution in [0.1, 0.15) is 45.2 Å². The van der Waals surface area contributed by atoms with Gasteiger partial charge >= 0.3 is 0 Å². The second-order valence-corrected chi connectivity index (χ2v) is 5.79. The Hall–Kier alpha value is -0.350. The molecule has 4 heteroatoms. The topological polar surface area (TPSA) is 38.0 Å². The Morgan fingerprint density at radius 2 is 2.31 bits per heavy atom. The molecule has 90 valence electrons. The van der Waals surface area contributed by atoms with Gasteiger partial charge in [0.1, 0.15) is 5.60 Å². The third-order valence-corrected chi connectivity index (χ3v) is 4.10. The zero-order valence-corrected chi connectivity index (χ0v) is 11.5. The maximum Gasteiger partial charge on any atom is 0.105 e. The van der Waals surface area contributed by atoms with Gasteiger partial charge in [-0.05, 0) is 42.1 Å². The van der Waals surface area contributed by atoms with E-state index in [1.54, 1.807) is 6.20 Å². The van der Waals surface area contributed by atoms with Gasteiger partial charge in [-0.1, -0.05) is 19.3 Å². The lowest BCUT2D eigenvalue weighted by molar-refractivity contribution is 0.00770. The van der Waals surface area contributed by atoms with Crippen LogP contribution in [0.2, 0.25) is 0 Å². The molecular formula is C12H19BrN2O. The molecule has 1 unspecified atom stereocenters. The molecular weight excluding hydrogens is 268 g/mol. The Morgan fingerprint density at radius 3 is 2.81 bits per heavy atom. The summed E-state index contributed by atoms with van der Waals surface area (Å²) in [6.45, 7) is 4.74. The minimum Gasteiger partial charge on any atom is -0.384 e. The van der Waals surface area contributed by atoms with Crippen molar-refractivity contribution in [3.8, 4) is 0 Å². The Labute approximate surface area is 105 Å². The van der Waals surface area contributed by atoms with Gasteiger partial charge in [0.15, 0.2) is 0 Å². The molecule has 1 atom stereocenters. The van der Waals surface area contributed by atoms with Gasteiger partial charge in [0, 0.05) is 6.54 Å². The summed E-state index contributed by atoms with van der Waals surface area (Å²) in [6, 6.07) is 0. The summed E-state index contributed by atoms with van der Waals surface area (Å²) in [5.41, 5.74) is 0.151. The summed E-state index contributed by atoms with van der Waals surface area (Å²) in [5, 5.41) is 14.9. The number of aryl methyl sites for hydroxylation is 1. The molecule has 0 saturated heterocycles. The lowest BCUT2D eigenvalue weighted by atomic mass is 9.77. The second-order valence-electron chi connectivity index (χ2n) is 4.93. The van der Waals surface area contributed by atoms with E-state index in [1.807, 2.05) is 18.5 Å². The summed E-state index contributed by atoms with van der Waals surface area (Å²) in [7, 11) is 0. The van der Waals surface area contributed by atoms with Crippen LogP contribution < -0.4 is 0 Å². The van der Waals surface area contributed by atoms with E-state index in [4.69, 9.17) is 0 Å². The van der Waals surface area contributed by atoms with E-state index in [0.29, 0.717) is 5.92 Å². The number of nitrogens with zero attached hydrogens (tertiary/aromatic N) is 2. The average molecular weight is 287 g/mol. The lowest BCUT2D eigenvalue weighted by Gasteiger charge is -2.34. The van der Waals surface area contributed by atoms with Crippen LogP contribution in [-0.2, 0) is 12.1 Å². The Morgan fingerprint density at radius 1 is 1.62 bits per heavy atom. The van der Waals surface area contributed by atoms with E-state index < -0.39 is 5.60 Å². The van der Waals surface area contributed by atoms with Crippen LogP contribution in [0, 0.1) is 5.92 Å². The number of aromatic nitrogens is 2. The van der Waals surface area contributed by atoms with E-state index in [9.17, 15) is 5.11 Å². The predicted octanol–water partition coefficient (Wildman–Crippen LogP) is 3.06. The minimum absolute atomic E-state index is 0.683. The highest BCUT2D eigenvalue weighted by Gasteiger charge is 2.34. The average Bonchev–Trinajstić information content (AvgIpc) is 2.54. The van der Waals surface area contributed by atoms with Crippen molar-refractivity contribution in [2.75, 3.05) is 0 Å². The van der Waals surface area contributed by atoms with E-state index in [2.05, 4.69) is 21.0 Å². The number of aliphatic hydroxyl groups is 1. The third-order valence-electron chi connectivity index (χ3n) is 3.52. The van der Waals surface area contributed by atoms with Crippen molar-refractivity contribution in [2.45, 2.75) is 51.7 Å². The van der Waals surface area contributed by atoms with E-state index in [1.165, 1.54) is 19.3 Å². The van der Waals surface area contributed by atoms with E-state index >= 15 is 0 Å². The first-order chi connectivity index (χ1) is 7.54. The molecule has 2 rings (SSSR count). The number of halogens is 1. The van der Waals surface area contributed by atoms with E-state index in [0.717, 1.165) is 23.1 Å². The molecule has 0 spiro atoms. The van der Waals surface area contributed by atoms with Crippen molar-refractivity contribution in [1.82, 2.24) is 9.78 Å². The molecule has 0 amide bonds. The third kappa shape index (κ3) is 2.18. The molecule has 3 nitrogen and oxygen atoms in total. The van der Waals surface area contributed by atoms with Gasteiger partial charge < -0.3 is 5.11 Å². The summed E-state index contributed by atoms with van der Waals surface area (Å²) < 4.78 is 2.79. The van der Waals surface area contributed by atoms with Gasteiger partial charge in [0.25, 0.3) is 0 Å². The second kappa shape index (κ2) is 4.49. The van der Waals surface area contributed by atoms with Gasteiger partial charge in [-0.25, -0.2) is 0 Å². The molecule has 16 heavy (non-hydrogen) atoms. The van der Waals surface area contributed by atoms with Crippen molar-refractivity contribution >= 4 is 15.9 Å². The molecule has 0 aromatic carbocycles. The van der Waals surface area contributed by atoms with Crippen molar-refractivity contribution in [3.63, 3.8) is 0 Å². The maximum absolute atomic E-state index is 10.6. The predicted molar refractivity (Wildman–Crippen MR) is 67.1 cm³/mol. The van der Waals surface area contributed by atoms with Crippen molar-refractivity contribution < 1.29 is 5.11 Å². The zero-order valence-electron chi connectivity index (χ0n) is 9.91. The summed E-state index contributed by atoms with van der Waals surface area (Å²) in [6.07, 6.45) is 6.45. The standard InChI is InChI=1S/C12H19BrN2O/c1-3-15-11(10(13)8-14-15)12(2,16)7-9-5-4-6-9/h8-9,16H,3-7H2,1-2H3. The highest BCUT2D eigenvalue weighted by molar-refractivity contribution is 9.10. The molecule has 0 bridgehead atoms. The molecule has 1 saturated carbocycles. The quantitative estimate of drug-likeness (QED) is 0.924. The van der Waals surface area contributed by atoms with Gasteiger partial charge in [0.05, 0.1) is 16.4 Å². The van der Waals surface area contributed by atoms with Crippen LogP contribution in [0.15, 0.2) is 10.7 Å². The first-order valence-electron chi connectivity index (χ1n) is 5.98. The molecule has 1 aliphatic carbocycles. The number of hydrogen-bond acceptors (Lipinski definition) is 2. The number of rotatable bonds is 4. The molecule has 1 heterocycles. The highest BCUT2D eigenvalue weighted by Crippen LogP contribution is 2.39. The lowest BCUT2D eigenvalue weighted by Crippen LogP contribution is -2.31. The molecule has 0 radical (unpaired) electrons. The van der Waals surface area contributed by atoms with Crippen LogP contribution in [0.25, 0.3) is 0 Å². The highest BCUT2D eigenvalue weighted by atomic mass is 79.9. The van der Waals surface area contributed by atoms with Crippen LogP contribution in [-0.4, -0.2) is 14.9 Å². The number of hydrogen-bond donors (Lipinski definition) is 1. The van der Waals surface area contributed by atoms with Crippen LogP contribution in [0.3, 0.4) is 0 Å². The van der Waals surface area contributed by atoms with Crippen molar-refractivity contribution in [1.29, 1.82) is 0 Å². The summed E-state index contributed by atoms with van der Waals surface area (Å²) >= 11 is 3.48. The van der Waals surface area contributed by atoms with Gasteiger partial charge in [-0.2, -0.15) is 5.10 Å². The molecule has 1 N–H and O–H groups in total. The fraction of sp³-hybridized carbons (Fsp3) is 0.750. The Kier molecular flexibility index (Phi) is 3.40. The van der Waals surface area contributed by atoms with Crippen LogP contribution >= 0.6 is 15.9 Å². The zero-order chi connectivity index (χ0) is 11.8. The fourth-order valence-corrected chi connectivity index (χ4v) is 3.22. The van der Waals surface area contributed by atoms with Crippen molar-refractivity contribution in [2.24, 2.45) is 5.92 Å². The molecule has 1 aliphatic rings. The minimum atomic E-state index is -0.767. The molecule has 1 aromatic rings. The first-order valence-corrected chi connectivity index (χ1v) is 6.78. The van der Waals surface area contributed by atoms with Gasteiger partial charge in [0.2, 0.25) is 0 Å². The van der Waals surface area contributed by atoms with Gasteiger partial charge in [-0.15, -0.1) is 0 Å². The summed E-state index contributed by atoms with van der Waals surface area (Å²) in [5.74, 6) is 0.683. The monoisotopic (exact) mass is 286 g/mol.